The van der Waals surface area contributed by atoms with Crippen molar-refractivity contribution in [1.82, 2.24) is 15.2 Å². The number of hydrogen-bond donors (Lipinski definition) is 1. The number of nitrogens with one attached hydrogen (secondary N) is 1. The summed E-state index contributed by atoms with van der Waals surface area (Å²) in [7, 11) is 0. The van der Waals surface area contributed by atoms with Crippen LogP contribution in [-0.4, -0.2) is 34.4 Å². The Morgan fingerprint density at radius 1 is 1.08 bits per heavy atom. The van der Waals surface area contributed by atoms with Gasteiger partial charge in [0.1, 0.15) is 0 Å². The Bertz CT molecular complexity index is 693. The van der Waals surface area contributed by atoms with Gasteiger partial charge in [0.15, 0.2) is 0 Å². The molecular formula is C20H23N3O. The molecule has 2 aliphatic heterocycles. The molecule has 2 aliphatic rings. The predicted octanol–water partition coefficient (Wildman–Crippen LogP) is 2.72. The molecule has 1 spiro atoms. The third-order valence-electron chi connectivity index (χ3n) is 5.55. The number of carbonyl (C=O) groups excluding carboxylic acids is 1. The molecule has 1 atom stereocenters. The molecule has 0 bridgehead atoms. The van der Waals surface area contributed by atoms with Crippen LogP contribution < -0.4 is 5.32 Å². The van der Waals surface area contributed by atoms with Crippen molar-refractivity contribution in [2.75, 3.05) is 13.1 Å². The van der Waals surface area contributed by atoms with Crippen molar-refractivity contribution in [3.63, 3.8) is 0 Å². The first-order chi connectivity index (χ1) is 11.8. The second-order valence-corrected chi connectivity index (χ2v) is 7.00. The van der Waals surface area contributed by atoms with Crippen LogP contribution in [0.5, 0.6) is 0 Å². The Morgan fingerprint density at radius 3 is 2.50 bits per heavy atom. The maximum atomic E-state index is 12.1. The van der Waals surface area contributed by atoms with Gasteiger partial charge in [0, 0.05) is 49.9 Å². The quantitative estimate of drug-likeness (QED) is 0.945. The highest BCUT2D eigenvalue weighted by atomic mass is 16.2. The van der Waals surface area contributed by atoms with Crippen molar-refractivity contribution in [2.24, 2.45) is 0 Å². The number of rotatable bonds is 3. The molecule has 4 nitrogen and oxygen atoms in total. The van der Waals surface area contributed by atoms with Crippen LogP contribution in [0.1, 0.15) is 36.3 Å². The van der Waals surface area contributed by atoms with E-state index in [1.807, 2.05) is 18.5 Å². The van der Waals surface area contributed by atoms with Crippen molar-refractivity contribution in [3.05, 3.63) is 66.0 Å². The zero-order chi connectivity index (χ0) is 16.4. The van der Waals surface area contributed by atoms with Crippen molar-refractivity contribution in [1.29, 1.82) is 0 Å². The van der Waals surface area contributed by atoms with E-state index in [2.05, 4.69) is 51.6 Å². The van der Waals surface area contributed by atoms with Gasteiger partial charge in [-0.15, -0.1) is 0 Å². The number of nitrogens with zero attached hydrogens (tertiary/aromatic N) is 2. The van der Waals surface area contributed by atoms with Gasteiger partial charge >= 0.3 is 0 Å². The van der Waals surface area contributed by atoms with Crippen molar-refractivity contribution in [3.8, 4) is 0 Å². The van der Waals surface area contributed by atoms with Gasteiger partial charge in [-0.05, 0) is 36.1 Å². The molecule has 1 unspecified atom stereocenters. The van der Waals surface area contributed by atoms with E-state index in [4.69, 9.17) is 0 Å². The van der Waals surface area contributed by atoms with E-state index in [9.17, 15) is 4.79 Å². The first kappa shape index (κ1) is 15.3. The average molecular weight is 321 g/mol. The molecule has 1 aromatic carbocycles. The maximum Gasteiger partial charge on any atom is 0.221 e. The third-order valence-corrected chi connectivity index (χ3v) is 5.55. The fourth-order valence-electron chi connectivity index (χ4n) is 4.25. The number of aromatic nitrogens is 1. The van der Waals surface area contributed by atoms with E-state index in [1.165, 1.54) is 11.1 Å². The smallest absolute Gasteiger partial charge is 0.221 e. The predicted molar refractivity (Wildman–Crippen MR) is 93.4 cm³/mol. The molecule has 3 heterocycles. The topological polar surface area (TPSA) is 45.2 Å². The summed E-state index contributed by atoms with van der Waals surface area (Å²) in [6.07, 6.45) is 6.36. The Kier molecular flexibility index (Phi) is 4.07. The minimum Gasteiger partial charge on any atom is -0.350 e. The second-order valence-electron chi connectivity index (χ2n) is 7.00. The van der Waals surface area contributed by atoms with Crippen LogP contribution in [0.25, 0.3) is 0 Å². The summed E-state index contributed by atoms with van der Waals surface area (Å²) in [5, 5.41) is 3.33. The average Bonchev–Trinajstić information content (AvgIpc) is 2.95. The number of pyridine rings is 1. The first-order valence-electron chi connectivity index (χ1n) is 8.72. The number of likely N-dealkylation sites (tertiary alicyclic amines) is 1. The van der Waals surface area contributed by atoms with Crippen molar-refractivity contribution in [2.45, 2.75) is 37.3 Å². The van der Waals surface area contributed by atoms with Crippen LogP contribution in [0.15, 0.2) is 54.9 Å². The Hall–Kier alpha value is -2.20. The van der Waals surface area contributed by atoms with Crippen LogP contribution in [0.4, 0.5) is 0 Å². The number of amides is 1. The SMILES string of the molecule is O=C1CC(c2ccccc2)C2(CCN(Cc3ccncc3)CC2)N1. The van der Waals surface area contributed by atoms with Gasteiger partial charge in [0.2, 0.25) is 5.91 Å². The minimum absolute atomic E-state index is 0.0623. The highest BCUT2D eigenvalue weighted by molar-refractivity contribution is 5.81. The van der Waals surface area contributed by atoms with Gasteiger partial charge in [0.25, 0.3) is 0 Å². The number of hydrogen-bond acceptors (Lipinski definition) is 3. The zero-order valence-corrected chi connectivity index (χ0v) is 13.8. The van der Waals surface area contributed by atoms with Gasteiger partial charge in [0.05, 0.1) is 0 Å². The Morgan fingerprint density at radius 2 is 1.79 bits per heavy atom. The summed E-state index contributed by atoms with van der Waals surface area (Å²) in [6.45, 7) is 3.00. The van der Waals surface area contributed by atoms with Crippen molar-refractivity contribution >= 4 is 5.91 Å². The summed E-state index contributed by atoms with van der Waals surface area (Å²) >= 11 is 0. The number of carbonyl (C=O) groups is 1. The lowest BCUT2D eigenvalue weighted by atomic mass is 9.74. The van der Waals surface area contributed by atoms with E-state index in [-0.39, 0.29) is 11.4 Å². The van der Waals surface area contributed by atoms with E-state index in [0.29, 0.717) is 12.3 Å². The van der Waals surface area contributed by atoms with Crippen LogP contribution in [0.3, 0.4) is 0 Å². The molecule has 0 saturated carbocycles. The lowest BCUT2D eigenvalue weighted by molar-refractivity contribution is -0.120. The van der Waals surface area contributed by atoms with E-state index < -0.39 is 0 Å². The molecule has 2 fully saturated rings. The highest BCUT2D eigenvalue weighted by Gasteiger charge is 2.48. The van der Waals surface area contributed by atoms with Gasteiger partial charge in [-0.25, -0.2) is 0 Å². The molecule has 1 amide bonds. The lowest BCUT2D eigenvalue weighted by Gasteiger charge is -2.43. The summed E-state index contributed by atoms with van der Waals surface area (Å²) in [5.74, 6) is 0.501. The minimum atomic E-state index is -0.0623. The molecule has 2 saturated heterocycles. The van der Waals surface area contributed by atoms with E-state index in [1.54, 1.807) is 0 Å². The van der Waals surface area contributed by atoms with Gasteiger partial charge in [-0.1, -0.05) is 30.3 Å². The molecule has 124 valence electrons. The molecule has 2 aromatic rings. The van der Waals surface area contributed by atoms with Gasteiger partial charge in [-0.2, -0.15) is 0 Å². The Labute approximate surface area is 142 Å². The van der Waals surface area contributed by atoms with E-state index >= 15 is 0 Å². The van der Waals surface area contributed by atoms with E-state index in [0.717, 1.165) is 32.5 Å². The van der Waals surface area contributed by atoms with Crippen LogP contribution in [-0.2, 0) is 11.3 Å². The standard InChI is InChI=1S/C20H23N3O/c24-19-14-18(17-4-2-1-3-5-17)20(22-19)8-12-23(13-9-20)15-16-6-10-21-11-7-16/h1-7,10-11,18H,8-9,12-15H2,(H,22,24). The van der Waals surface area contributed by atoms with Crippen LogP contribution in [0.2, 0.25) is 0 Å². The maximum absolute atomic E-state index is 12.1. The third kappa shape index (κ3) is 2.94. The second kappa shape index (κ2) is 6.36. The fourth-order valence-corrected chi connectivity index (χ4v) is 4.25. The normalized spacial score (nSPS) is 23.3. The van der Waals surface area contributed by atoms with Crippen molar-refractivity contribution < 1.29 is 4.79 Å². The number of piperidine rings is 1. The summed E-state index contributed by atoms with van der Waals surface area (Å²) in [4.78, 5) is 18.7. The molecule has 1 aromatic heterocycles. The number of benzene rings is 1. The van der Waals surface area contributed by atoms with Gasteiger partial charge < -0.3 is 5.32 Å². The molecule has 0 radical (unpaired) electrons. The molecule has 4 rings (SSSR count). The molecule has 1 N–H and O–H groups in total. The zero-order valence-electron chi connectivity index (χ0n) is 13.8. The lowest BCUT2D eigenvalue weighted by Crippen LogP contribution is -2.53. The van der Waals surface area contributed by atoms with Crippen LogP contribution >= 0.6 is 0 Å². The van der Waals surface area contributed by atoms with Crippen LogP contribution in [0, 0.1) is 0 Å². The highest BCUT2D eigenvalue weighted by Crippen LogP contribution is 2.43. The van der Waals surface area contributed by atoms with Gasteiger partial charge in [-0.3, -0.25) is 14.7 Å². The fraction of sp³-hybridized carbons (Fsp3) is 0.400. The summed E-state index contributed by atoms with van der Waals surface area (Å²) in [6, 6.07) is 14.7. The molecule has 24 heavy (non-hydrogen) atoms. The summed E-state index contributed by atoms with van der Waals surface area (Å²) in [5.41, 5.74) is 2.53. The summed E-state index contributed by atoms with van der Waals surface area (Å²) < 4.78 is 0. The monoisotopic (exact) mass is 321 g/mol. The Balaban J connectivity index is 1.47. The molecule has 4 heteroatoms. The largest absolute Gasteiger partial charge is 0.350 e. The molecule has 0 aliphatic carbocycles. The first-order valence-corrected chi connectivity index (χ1v) is 8.72. The molecular weight excluding hydrogens is 298 g/mol.